The van der Waals surface area contributed by atoms with Gasteiger partial charge in [0.05, 0.1) is 4.90 Å². The Morgan fingerprint density at radius 2 is 1.81 bits per heavy atom. The first-order chi connectivity index (χ1) is 13.0. The van der Waals surface area contributed by atoms with E-state index in [1.165, 1.54) is 17.1 Å². The van der Waals surface area contributed by atoms with E-state index in [0.29, 0.717) is 12.5 Å². The van der Waals surface area contributed by atoms with Crippen LogP contribution in [0.5, 0.6) is 0 Å². The van der Waals surface area contributed by atoms with E-state index in [0.717, 1.165) is 28.7 Å². The van der Waals surface area contributed by atoms with Crippen LogP contribution in [-0.4, -0.2) is 30.6 Å². The first-order valence-electron chi connectivity index (χ1n) is 9.24. The van der Waals surface area contributed by atoms with Crippen molar-refractivity contribution in [3.8, 4) is 0 Å². The largest absolute Gasteiger partial charge is 0.307 e. The lowest BCUT2D eigenvalue weighted by molar-refractivity contribution is -0.114. The third-order valence-electron chi connectivity index (χ3n) is 5.47. The van der Waals surface area contributed by atoms with Crippen molar-refractivity contribution in [2.45, 2.75) is 42.7 Å². The zero-order valence-electron chi connectivity index (χ0n) is 14.8. The molecule has 1 saturated carbocycles. The minimum absolute atomic E-state index is 0.0640. The van der Waals surface area contributed by atoms with E-state index in [-0.39, 0.29) is 16.7 Å². The summed E-state index contributed by atoms with van der Waals surface area (Å²) in [6.07, 6.45) is 10.1. The van der Waals surface area contributed by atoms with E-state index in [9.17, 15) is 13.2 Å². The van der Waals surface area contributed by atoms with Crippen LogP contribution in [0.3, 0.4) is 0 Å². The van der Waals surface area contributed by atoms with Crippen LogP contribution in [0.4, 0.5) is 0 Å². The van der Waals surface area contributed by atoms with E-state index >= 15 is 0 Å². The SMILES string of the molecule is O=C1C=CC2=CN(S(=O)(=O)c3ccccc3)C=C3CC(NC4CC4)C(=C23)C1. The van der Waals surface area contributed by atoms with Crippen molar-refractivity contribution in [3.63, 3.8) is 0 Å². The van der Waals surface area contributed by atoms with Gasteiger partial charge >= 0.3 is 0 Å². The Bertz CT molecular complexity index is 1040. The van der Waals surface area contributed by atoms with Gasteiger partial charge in [-0.1, -0.05) is 18.2 Å². The van der Waals surface area contributed by atoms with E-state index in [1.54, 1.807) is 54.9 Å². The first kappa shape index (κ1) is 16.7. The van der Waals surface area contributed by atoms with Crippen LogP contribution in [0.25, 0.3) is 0 Å². The molecule has 1 fully saturated rings. The second-order valence-corrected chi connectivity index (χ2v) is 9.30. The summed E-state index contributed by atoms with van der Waals surface area (Å²) < 4.78 is 27.4. The van der Waals surface area contributed by atoms with Gasteiger partial charge in [-0.15, -0.1) is 0 Å². The maximum absolute atomic E-state index is 13.1. The van der Waals surface area contributed by atoms with Crippen LogP contribution in [-0.2, 0) is 14.8 Å². The smallest absolute Gasteiger partial charge is 0.267 e. The van der Waals surface area contributed by atoms with Crippen molar-refractivity contribution < 1.29 is 13.2 Å². The van der Waals surface area contributed by atoms with E-state index in [1.807, 2.05) is 0 Å². The van der Waals surface area contributed by atoms with Gasteiger partial charge in [0, 0.05) is 30.9 Å². The number of allylic oxidation sites excluding steroid dienone is 4. The molecule has 6 heteroatoms. The highest BCUT2D eigenvalue weighted by Gasteiger charge is 2.38. The summed E-state index contributed by atoms with van der Waals surface area (Å²) in [5.41, 5.74) is 3.94. The molecule has 1 heterocycles. The predicted molar refractivity (Wildman–Crippen MR) is 102 cm³/mol. The van der Waals surface area contributed by atoms with Crippen molar-refractivity contribution in [1.29, 1.82) is 0 Å². The lowest BCUT2D eigenvalue weighted by atomic mass is 9.97. The molecule has 5 nitrogen and oxygen atoms in total. The maximum atomic E-state index is 13.1. The molecule has 0 amide bonds. The molecule has 4 aliphatic rings. The molecule has 1 aromatic rings. The molecule has 0 bridgehead atoms. The van der Waals surface area contributed by atoms with Gasteiger partial charge in [0.1, 0.15) is 0 Å². The highest BCUT2D eigenvalue weighted by atomic mass is 32.2. The van der Waals surface area contributed by atoms with Crippen molar-refractivity contribution in [1.82, 2.24) is 9.62 Å². The third kappa shape index (κ3) is 2.89. The Hall–Kier alpha value is -2.44. The lowest BCUT2D eigenvalue weighted by Gasteiger charge is -2.24. The van der Waals surface area contributed by atoms with E-state index in [4.69, 9.17) is 0 Å². The van der Waals surface area contributed by atoms with Gasteiger partial charge in [-0.3, -0.25) is 4.79 Å². The van der Waals surface area contributed by atoms with Crippen LogP contribution < -0.4 is 5.32 Å². The van der Waals surface area contributed by atoms with Crippen LogP contribution in [0.1, 0.15) is 25.7 Å². The second-order valence-electron chi connectivity index (χ2n) is 7.46. The lowest BCUT2D eigenvalue weighted by Crippen LogP contribution is -2.31. The molecule has 1 aromatic carbocycles. The molecule has 0 radical (unpaired) electrons. The number of benzene rings is 1. The molecule has 5 rings (SSSR count). The fraction of sp³-hybridized carbons (Fsp3) is 0.286. The van der Waals surface area contributed by atoms with Gasteiger partial charge in [-0.2, -0.15) is 0 Å². The minimum Gasteiger partial charge on any atom is -0.307 e. The molecule has 0 aromatic heterocycles. The average molecular weight is 380 g/mol. The molecule has 138 valence electrons. The number of sulfonamides is 1. The second kappa shape index (κ2) is 6.04. The van der Waals surface area contributed by atoms with Crippen molar-refractivity contribution in [2.24, 2.45) is 0 Å². The van der Waals surface area contributed by atoms with E-state index in [2.05, 4.69) is 5.32 Å². The molecular formula is C21H20N2O3S. The maximum Gasteiger partial charge on any atom is 0.267 e. The predicted octanol–water partition coefficient (Wildman–Crippen LogP) is 2.81. The fourth-order valence-electron chi connectivity index (χ4n) is 4.02. The number of carbonyl (C=O) groups excluding carboxylic acids is 1. The Morgan fingerprint density at radius 1 is 1.04 bits per heavy atom. The van der Waals surface area contributed by atoms with Gasteiger partial charge in [-0.05, 0) is 65.8 Å². The topological polar surface area (TPSA) is 66.5 Å². The standard InChI is InChI=1S/C21H20N2O3S/c24-17-9-6-14-12-23(27(25,26)18-4-2-1-3-5-18)13-15-10-20(22-16-7-8-16)19(11-17)21(14)15/h1-6,9,12-13,16,20,22H,7-8,10-11H2. The Labute approximate surface area is 158 Å². The summed E-state index contributed by atoms with van der Waals surface area (Å²) in [6, 6.07) is 9.07. The fourth-order valence-corrected chi connectivity index (χ4v) is 5.28. The summed E-state index contributed by atoms with van der Waals surface area (Å²) in [6.45, 7) is 0. The van der Waals surface area contributed by atoms with Crippen molar-refractivity contribution >= 4 is 15.8 Å². The molecule has 1 atom stereocenters. The number of hydrogen-bond donors (Lipinski definition) is 1. The van der Waals surface area contributed by atoms with Crippen LogP contribution in [0, 0.1) is 0 Å². The van der Waals surface area contributed by atoms with Gasteiger partial charge in [0.15, 0.2) is 5.78 Å². The number of nitrogens with zero attached hydrogens (tertiary/aromatic N) is 1. The molecular weight excluding hydrogens is 360 g/mol. The Kier molecular flexibility index (Phi) is 3.74. The van der Waals surface area contributed by atoms with Crippen molar-refractivity contribution in [2.75, 3.05) is 0 Å². The number of hydrogen-bond acceptors (Lipinski definition) is 4. The average Bonchev–Trinajstić information content (AvgIpc) is 3.44. The Balaban J connectivity index is 1.59. The number of nitrogens with one attached hydrogen (secondary N) is 1. The number of rotatable bonds is 4. The summed E-state index contributed by atoms with van der Waals surface area (Å²) in [4.78, 5) is 12.5. The van der Waals surface area contributed by atoms with Gasteiger partial charge in [-0.25, -0.2) is 12.7 Å². The van der Waals surface area contributed by atoms with Crippen molar-refractivity contribution in [3.05, 3.63) is 77.2 Å². The van der Waals surface area contributed by atoms with Crippen LogP contribution in [0.2, 0.25) is 0 Å². The monoisotopic (exact) mass is 380 g/mol. The minimum atomic E-state index is -3.67. The van der Waals surface area contributed by atoms with Gasteiger partial charge < -0.3 is 5.32 Å². The zero-order valence-corrected chi connectivity index (χ0v) is 15.6. The summed E-state index contributed by atoms with van der Waals surface area (Å²) in [7, 11) is -3.67. The highest BCUT2D eigenvalue weighted by molar-refractivity contribution is 7.89. The number of carbonyl (C=O) groups is 1. The summed E-state index contributed by atoms with van der Waals surface area (Å²) in [5, 5.41) is 3.62. The molecule has 0 spiro atoms. The van der Waals surface area contributed by atoms with Crippen LogP contribution in [0.15, 0.2) is 82.1 Å². The Morgan fingerprint density at radius 3 is 2.56 bits per heavy atom. The number of ketones is 1. The summed E-state index contributed by atoms with van der Waals surface area (Å²) >= 11 is 0. The third-order valence-corrected chi connectivity index (χ3v) is 7.11. The molecule has 1 aliphatic heterocycles. The normalized spacial score (nSPS) is 24.5. The van der Waals surface area contributed by atoms with Gasteiger partial charge in [0.2, 0.25) is 0 Å². The molecule has 1 N–H and O–H groups in total. The highest BCUT2D eigenvalue weighted by Crippen LogP contribution is 2.44. The molecule has 27 heavy (non-hydrogen) atoms. The van der Waals surface area contributed by atoms with E-state index < -0.39 is 10.0 Å². The first-order valence-corrected chi connectivity index (χ1v) is 10.7. The quantitative estimate of drug-likeness (QED) is 0.872. The molecule has 3 aliphatic carbocycles. The van der Waals surface area contributed by atoms with Gasteiger partial charge in [0.25, 0.3) is 10.0 Å². The molecule has 1 unspecified atom stereocenters. The van der Waals surface area contributed by atoms with Crippen LogP contribution >= 0.6 is 0 Å². The summed E-state index contributed by atoms with van der Waals surface area (Å²) in [5.74, 6) is 0.0640. The zero-order chi connectivity index (χ0) is 18.6. The molecule has 0 saturated heterocycles.